The molecule has 0 radical (unpaired) electrons. The number of thiazole rings is 1. The average Bonchev–Trinajstić information content (AvgIpc) is 2.98. The highest BCUT2D eigenvalue weighted by atomic mass is 32.1. The molecule has 1 heterocycles. The van der Waals surface area contributed by atoms with Gasteiger partial charge in [0.15, 0.2) is 0 Å². The molecule has 1 fully saturated rings. The second-order valence-electron chi connectivity index (χ2n) is 4.68. The number of aryl methyl sites for hydroxylation is 1. The van der Waals surface area contributed by atoms with Crippen LogP contribution >= 0.6 is 11.3 Å². The largest absolute Gasteiger partial charge is 0.314 e. The highest BCUT2D eigenvalue weighted by molar-refractivity contribution is 7.09. The van der Waals surface area contributed by atoms with E-state index in [0.29, 0.717) is 0 Å². The summed E-state index contributed by atoms with van der Waals surface area (Å²) in [6, 6.07) is 0.839. The quantitative estimate of drug-likeness (QED) is 0.738. The molecule has 1 saturated carbocycles. The molecular formula is C12H21N3S. The van der Waals surface area contributed by atoms with Gasteiger partial charge in [0, 0.05) is 18.0 Å². The van der Waals surface area contributed by atoms with Crippen LogP contribution in [0.25, 0.3) is 0 Å². The van der Waals surface area contributed by atoms with Crippen molar-refractivity contribution in [3.63, 3.8) is 0 Å². The molecule has 0 atom stereocenters. The maximum Gasteiger partial charge on any atom is 0.0897 e. The van der Waals surface area contributed by atoms with Gasteiger partial charge in [-0.1, -0.05) is 0 Å². The van der Waals surface area contributed by atoms with Gasteiger partial charge in [0.1, 0.15) is 0 Å². The minimum absolute atomic E-state index is 0.839. The third-order valence-electron chi connectivity index (χ3n) is 2.83. The van der Waals surface area contributed by atoms with Crippen molar-refractivity contribution >= 4 is 11.3 Å². The van der Waals surface area contributed by atoms with E-state index in [0.717, 1.165) is 25.7 Å². The van der Waals surface area contributed by atoms with Crippen molar-refractivity contribution in [2.75, 3.05) is 20.1 Å². The molecule has 0 saturated heterocycles. The monoisotopic (exact) mass is 239 g/mol. The number of nitrogens with zero attached hydrogens (tertiary/aromatic N) is 2. The van der Waals surface area contributed by atoms with Crippen molar-refractivity contribution in [3.8, 4) is 0 Å². The molecule has 1 aliphatic rings. The van der Waals surface area contributed by atoms with E-state index in [1.807, 2.05) is 0 Å². The van der Waals surface area contributed by atoms with E-state index in [2.05, 4.69) is 34.6 Å². The number of aromatic nitrogens is 1. The average molecular weight is 239 g/mol. The van der Waals surface area contributed by atoms with Gasteiger partial charge in [0.2, 0.25) is 0 Å². The zero-order valence-corrected chi connectivity index (χ0v) is 11.0. The van der Waals surface area contributed by atoms with Gasteiger partial charge >= 0.3 is 0 Å². The van der Waals surface area contributed by atoms with E-state index in [1.54, 1.807) is 11.3 Å². The van der Waals surface area contributed by atoms with E-state index in [9.17, 15) is 0 Å². The first-order valence-electron chi connectivity index (χ1n) is 6.07. The number of rotatable bonds is 7. The Bertz CT molecular complexity index is 320. The first kappa shape index (κ1) is 12.0. The molecule has 16 heavy (non-hydrogen) atoms. The fraction of sp³-hybridized carbons (Fsp3) is 0.750. The Kier molecular flexibility index (Phi) is 4.32. The second-order valence-corrected chi connectivity index (χ2v) is 5.74. The van der Waals surface area contributed by atoms with Crippen LogP contribution in [-0.4, -0.2) is 36.1 Å². The first-order valence-corrected chi connectivity index (χ1v) is 6.95. The molecule has 0 aromatic carbocycles. The van der Waals surface area contributed by atoms with Crippen molar-refractivity contribution in [2.45, 2.75) is 38.8 Å². The van der Waals surface area contributed by atoms with Crippen molar-refractivity contribution in [1.29, 1.82) is 0 Å². The second kappa shape index (κ2) is 5.75. The smallest absolute Gasteiger partial charge is 0.0897 e. The summed E-state index contributed by atoms with van der Waals surface area (Å²) in [7, 11) is 2.17. The summed E-state index contributed by atoms with van der Waals surface area (Å²) in [6.07, 6.45) is 4.00. The SMILES string of the molecule is Cc1nc(CN(C)CCCNC2CC2)cs1. The molecule has 0 amide bonds. The van der Waals surface area contributed by atoms with Gasteiger partial charge < -0.3 is 10.2 Å². The number of nitrogens with one attached hydrogen (secondary N) is 1. The van der Waals surface area contributed by atoms with Gasteiger partial charge in [-0.3, -0.25) is 0 Å². The van der Waals surface area contributed by atoms with Crippen LogP contribution in [0.2, 0.25) is 0 Å². The normalized spacial score (nSPS) is 15.9. The van der Waals surface area contributed by atoms with E-state index in [1.165, 1.54) is 30.0 Å². The van der Waals surface area contributed by atoms with Crippen molar-refractivity contribution in [3.05, 3.63) is 16.1 Å². The van der Waals surface area contributed by atoms with Gasteiger partial charge in [-0.25, -0.2) is 4.98 Å². The molecule has 0 unspecified atom stereocenters. The van der Waals surface area contributed by atoms with Crippen LogP contribution in [0.15, 0.2) is 5.38 Å². The van der Waals surface area contributed by atoms with Crippen molar-refractivity contribution < 1.29 is 0 Å². The van der Waals surface area contributed by atoms with Crippen LogP contribution in [-0.2, 0) is 6.54 Å². The lowest BCUT2D eigenvalue weighted by molar-refractivity contribution is 0.316. The van der Waals surface area contributed by atoms with Crippen LogP contribution in [0.3, 0.4) is 0 Å². The standard InChI is InChI=1S/C12H21N3S/c1-10-14-12(9-16-10)8-15(2)7-3-6-13-11-4-5-11/h9,11,13H,3-8H2,1-2H3. The van der Waals surface area contributed by atoms with Crippen LogP contribution < -0.4 is 5.32 Å². The van der Waals surface area contributed by atoms with Gasteiger partial charge in [0.25, 0.3) is 0 Å². The Morgan fingerprint density at radius 2 is 2.38 bits per heavy atom. The summed E-state index contributed by atoms with van der Waals surface area (Å²) in [5.41, 5.74) is 1.21. The van der Waals surface area contributed by atoms with Gasteiger partial charge in [-0.15, -0.1) is 11.3 Å². The Morgan fingerprint density at radius 1 is 1.56 bits per heavy atom. The summed E-state index contributed by atoms with van der Waals surface area (Å²) < 4.78 is 0. The summed E-state index contributed by atoms with van der Waals surface area (Å²) >= 11 is 1.74. The summed E-state index contributed by atoms with van der Waals surface area (Å²) in [5, 5.41) is 6.87. The van der Waals surface area contributed by atoms with Gasteiger partial charge in [-0.2, -0.15) is 0 Å². The highest BCUT2D eigenvalue weighted by Crippen LogP contribution is 2.18. The Labute approximate surface area is 102 Å². The minimum Gasteiger partial charge on any atom is -0.314 e. The lowest BCUT2D eigenvalue weighted by atomic mass is 10.3. The summed E-state index contributed by atoms with van der Waals surface area (Å²) in [4.78, 5) is 6.83. The lowest BCUT2D eigenvalue weighted by Gasteiger charge is -2.15. The molecule has 2 rings (SSSR count). The van der Waals surface area contributed by atoms with Gasteiger partial charge in [-0.05, 0) is 46.3 Å². The van der Waals surface area contributed by atoms with Crippen LogP contribution in [0.5, 0.6) is 0 Å². The molecule has 1 aromatic rings. The maximum absolute atomic E-state index is 4.48. The van der Waals surface area contributed by atoms with Crippen molar-refractivity contribution in [1.82, 2.24) is 15.2 Å². The zero-order valence-electron chi connectivity index (χ0n) is 10.2. The molecule has 3 nitrogen and oxygen atoms in total. The molecule has 1 aromatic heterocycles. The third-order valence-corrected chi connectivity index (χ3v) is 3.65. The Morgan fingerprint density at radius 3 is 3.00 bits per heavy atom. The maximum atomic E-state index is 4.48. The summed E-state index contributed by atoms with van der Waals surface area (Å²) in [6.45, 7) is 5.35. The molecule has 1 aliphatic carbocycles. The third kappa shape index (κ3) is 4.20. The molecule has 1 N–H and O–H groups in total. The predicted molar refractivity (Wildman–Crippen MR) is 68.8 cm³/mol. The first-order chi connectivity index (χ1) is 7.74. The Balaban J connectivity index is 1.57. The van der Waals surface area contributed by atoms with Gasteiger partial charge in [0.05, 0.1) is 10.7 Å². The van der Waals surface area contributed by atoms with Crippen LogP contribution in [0.1, 0.15) is 30.0 Å². The van der Waals surface area contributed by atoms with E-state index >= 15 is 0 Å². The van der Waals surface area contributed by atoms with E-state index in [4.69, 9.17) is 0 Å². The van der Waals surface area contributed by atoms with Crippen LogP contribution in [0.4, 0.5) is 0 Å². The predicted octanol–water partition coefficient (Wildman–Crippen LogP) is 2.03. The molecule has 0 bridgehead atoms. The molecule has 0 spiro atoms. The fourth-order valence-corrected chi connectivity index (χ4v) is 2.38. The van der Waals surface area contributed by atoms with E-state index in [-0.39, 0.29) is 0 Å². The number of hydrogen-bond donors (Lipinski definition) is 1. The van der Waals surface area contributed by atoms with E-state index < -0.39 is 0 Å². The lowest BCUT2D eigenvalue weighted by Crippen LogP contribution is -2.25. The molecular weight excluding hydrogens is 218 g/mol. The van der Waals surface area contributed by atoms with Crippen LogP contribution in [0, 0.1) is 6.92 Å². The molecule has 4 heteroatoms. The summed E-state index contributed by atoms with van der Waals surface area (Å²) in [5.74, 6) is 0. The highest BCUT2D eigenvalue weighted by Gasteiger charge is 2.19. The molecule has 0 aliphatic heterocycles. The van der Waals surface area contributed by atoms with Crippen molar-refractivity contribution in [2.24, 2.45) is 0 Å². The topological polar surface area (TPSA) is 28.2 Å². The fourth-order valence-electron chi connectivity index (χ4n) is 1.78. The minimum atomic E-state index is 0.839. The molecule has 90 valence electrons. The Hall–Kier alpha value is -0.450. The number of hydrogen-bond acceptors (Lipinski definition) is 4. The zero-order chi connectivity index (χ0) is 11.4.